The van der Waals surface area contributed by atoms with Crippen LogP contribution in [0, 0.1) is 18.8 Å². The maximum atomic E-state index is 6.66. The molecule has 8 heteroatoms. The van der Waals surface area contributed by atoms with Crippen molar-refractivity contribution in [2.75, 3.05) is 14.7 Å². The standard InChI is InChI=1S/C58H46N5O2.Pt/c1-56(2,3)35-27-28-59-52(29-35)62-46-20-9-8-17-40(46)41-26-25-39(33-49(41)62)64-38-16-12-15-36(30-38)60-34-61(48-22-11-10-21-47(48)60)37-31-44-53-45(32-37)58(6,7)43-19-14-24-51-55(43)63(53)54-42(57(44,4)5)18-13-23-50(54)65-51;/h8-29,31-32,34H,1-7H3;/q-3;. The van der Waals surface area contributed by atoms with Gasteiger partial charge in [-0.1, -0.05) is 109 Å². The summed E-state index contributed by atoms with van der Waals surface area (Å²) in [5.74, 6) is 3.86. The van der Waals surface area contributed by atoms with Gasteiger partial charge in [-0.15, -0.1) is 48.1 Å². The second-order valence-corrected chi connectivity index (χ2v) is 19.8. The molecule has 7 aromatic carbocycles. The second-order valence-electron chi connectivity index (χ2n) is 19.8. The van der Waals surface area contributed by atoms with Gasteiger partial charge < -0.3 is 28.7 Å². The number of benzene rings is 7. The van der Waals surface area contributed by atoms with E-state index >= 15 is 0 Å². The van der Waals surface area contributed by atoms with Crippen molar-refractivity contribution >= 4 is 61.6 Å². The van der Waals surface area contributed by atoms with Gasteiger partial charge in [0.2, 0.25) is 0 Å². The summed E-state index contributed by atoms with van der Waals surface area (Å²) >= 11 is 0. The number of ether oxygens (including phenoxy) is 2. The molecule has 0 unspecified atom stereocenters. The molecule has 328 valence electrons. The molecule has 9 aromatic rings. The molecule has 0 bridgehead atoms. The van der Waals surface area contributed by atoms with Gasteiger partial charge in [0.15, 0.2) is 11.5 Å². The number of hydrogen-bond donors (Lipinski definition) is 0. The molecule has 2 aromatic heterocycles. The summed E-state index contributed by atoms with van der Waals surface area (Å²) in [5, 5.41) is 2.23. The van der Waals surface area contributed by atoms with E-state index in [1.165, 1.54) is 33.5 Å². The summed E-state index contributed by atoms with van der Waals surface area (Å²) in [6.45, 7) is 18.3. The maximum absolute atomic E-state index is 6.66. The van der Waals surface area contributed by atoms with Crippen molar-refractivity contribution in [1.82, 2.24) is 9.55 Å². The van der Waals surface area contributed by atoms with Crippen molar-refractivity contribution in [3.05, 3.63) is 192 Å². The van der Waals surface area contributed by atoms with E-state index in [2.05, 4.69) is 208 Å². The van der Waals surface area contributed by atoms with Crippen LogP contribution >= 0.6 is 0 Å². The van der Waals surface area contributed by atoms with Crippen LogP contribution in [-0.2, 0) is 37.3 Å². The number of hydrogen-bond acceptors (Lipinski definition) is 6. The van der Waals surface area contributed by atoms with Crippen LogP contribution in [0.2, 0.25) is 0 Å². The van der Waals surface area contributed by atoms with Crippen LogP contribution in [0.15, 0.2) is 146 Å². The predicted octanol–water partition coefficient (Wildman–Crippen LogP) is 15.1. The van der Waals surface area contributed by atoms with Crippen LogP contribution in [0.5, 0.6) is 23.0 Å². The molecule has 0 saturated heterocycles. The van der Waals surface area contributed by atoms with Gasteiger partial charge in [0.1, 0.15) is 5.82 Å². The molecule has 0 fully saturated rings. The van der Waals surface area contributed by atoms with Gasteiger partial charge in [-0.2, -0.15) is 12.1 Å². The third-order valence-corrected chi connectivity index (χ3v) is 14.2. The zero-order valence-electron chi connectivity index (χ0n) is 37.8. The van der Waals surface area contributed by atoms with Gasteiger partial charge in [-0.05, 0) is 93.2 Å². The minimum absolute atomic E-state index is 0. The van der Waals surface area contributed by atoms with Gasteiger partial charge in [0.25, 0.3) is 0 Å². The molecule has 0 saturated carbocycles. The first-order valence-electron chi connectivity index (χ1n) is 22.5. The summed E-state index contributed by atoms with van der Waals surface area (Å²) in [6, 6.07) is 56.7. The average molecular weight is 1040 g/mol. The molecule has 4 aliphatic rings. The fourth-order valence-corrected chi connectivity index (χ4v) is 10.8. The summed E-state index contributed by atoms with van der Waals surface area (Å²) in [5.41, 5.74) is 15.4. The predicted molar refractivity (Wildman–Crippen MR) is 262 cm³/mol. The number of anilines is 7. The fraction of sp³-hybridized carbons (Fsp3) is 0.172. The summed E-state index contributed by atoms with van der Waals surface area (Å²) < 4.78 is 15.5. The normalized spacial score (nSPS) is 15.6. The topological polar surface area (TPSA) is 46.0 Å². The number of para-hydroxylation sites is 5. The van der Waals surface area contributed by atoms with Crippen LogP contribution in [0.4, 0.5) is 39.8 Å². The minimum Gasteiger partial charge on any atom is -0.509 e. The van der Waals surface area contributed by atoms with Gasteiger partial charge in [0.05, 0.1) is 17.1 Å². The summed E-state index contributed by atoms with van der Waals surface area (Å²) in [4.78, 5) is 11.9. The zero-order valence-corrected chi connectivity index (χ0v) is 40.1. The Kier molecular flexibility index (Phi) is 8.68. The summed E-state index contributed by atoms with van der Waals surface area (Å²) in [7, 11) is 0. The van der Waals surface area contributed by atoms with Crippen LogP contribution in [0.3, 0.4) is 0 Å². The number of nitrogens with zero attached hydrogens (tertiary/aromatic N) is 5. The van der Waals surface area contributed by atoms with Crippen molar-refractivity contribution in [3.8, 4) is 28.8 Å². The first kappa shape index (κ1) is 40.7. The van der Waals surface area contributed by atoms with Crippen LogP contribution in [-0.4, -0.2) is 9.55 Å². The molecule has 4 aliphatic heterocycles. The Morgan fingerprint density at radius 1 is 0.606 bits per heavy atom. The first-order valence-corrected chi connectivity index (χ1v) is 22.5. The van der Waals surface area contributed by atoms with Gasteiger partial charge in [-0.3, -0.25) is 0 Å². The first-order chi connectivity index (χ1) is 31.4. The van der Waals surface area contributed by atoms with E-state index in [0.29, 0.717) is 11.5 Å². The monoisotopic (exact) mass is 1040 g/mol. The molecule has 6 heterocycles. The second kappa shape index (κ2) is 14.1. The van der Waals surface area contributed by atoms with Gasteiger partial charge in [0, 0.05) is 72.2 Å². The summed E-state index contributed by atoms with van der Waals surface area (Å²) in [6.07, 6.45) is 1.90. The molecule has 0 atom stereocenters. The largest absolute Gasteiger partial charge is 0.509 e. The number of rotatable bonds is 5. The Bertz CT molecular complexity index is 3420. The molecule has 0 amide bonds. The van der Waals surface area contributed by atoms with E-state index in [1.807, 2.05) is 24.4 Å². The van der Waals surface area contributed by atoms with Crippen molar-refractivity contribution < 1.29 is 30.5 Å². The molecule has 66 heavy (non-hydrogen) atoms. The molecule has 7 nitrogen and oxygen atoms in total. The SMILES string of the molecule is CC(C)(C)c1ccnc(-n2c3[c-]c(Oc4[c-]c(N5[CH-]N(c6cc7c8c(c6)C(C)(C)c6cccc9c6N8c6c(cccc6C7(C)C)O9)c6ccccc65)ccc4)ccc3c3ccccc32)c1.[Pt]. The maximum Gasteiger partial charge on any atom is 0.151 e. The zero-order chi connectivity index (χ0) is 44.1. The molecular weight excluding hydrogens is 994 g/mol. The van der Waals surface area contributed by atoms with Crippen molar-refractivity contribution in [1.29, 1.82) is 0 Å². The number of aromatic nitrogens is 2. The van der Waals surface area contributed by atoms with E-state index in [1.54, 1.807) is 0 Å². The van der Waals surface area contributed by atoms with Crippen LogP contribution in [0.1, 0.15) is 76.3 Å². The van der Waals surface area contributed by atoms with E-state index < -0.39 is 0 Å². The van der Waals surface area contributed by atoms with E-state index in [4.69, 9.17) is 14.5 Å². The Hall–Kier alpha value is -6.82. The fourth-order valence-electron chi connectivity index (χ4n) is 10.8. The van der Waals surface area contributed by atoms with Crippen molar-refractivity contribution in [2.24, 2.45) is 0 Å². The Labute approximate surface area is 400 Å². The van der Waals surface area contributed by atoms with E-state index in [0.717, 1.165) is 73.2 Å². The Morgan fingerprint density at radius 2 is 1.24 bits per heavy atom. The third-order valence-electron chi connectivity index (χ3n) is 14.2. The van der Waals surface area contributed by atoms with Crippen molar-refractivity contribution in [3.63, 3.8) is 0 Å². The van der Waals surface area contributed by atoms with Crippen LogP contribution < -0.4 is 24.2 Å². The number of fused-ring (bicyclic) bond motifs is 4. The third kappa shape index (κ3) is 5.68. The Morgan fingerprint density at radius 3 is 1.94 bits per heavy atom. The van der Waals surface area contributed by atoms with E-state index in [9.17, 15) is 0 Å². The minimum atomic E-state index is -0.301. The van der Waals surface area contributed by atoms with Gasteiger partial charge in [-0.25, -0.2) is 4.98 Å². The van der Waals surface area contributed by atoms with Crippen molar-refractivity contribution in [2.45, 2.75) is 64.7 Å². The molecule has 13 rings (SSSR count). The molecule has 0 radical (unpaired) electrons. The molecule has 0 N–H and O–H groups in total. The van der Waals surface area contributed by atoms with Gasteiger partial charge >= 0.3 is 0 Å². The number of pyridine rings is 1. The molecule has 0 aliphatic carbocycles. The Balaban J connectivity index is 0.00000456. The quantitative estimate of drug-likeness (QED) is 0.160. The smallest absolute Gasteiger partial charge is 0.151 e. The molecular formula is C58H46N5O2Pt-3. The average Bonchev–Trinajstić information content (AvgIpc) is 3.85. The van der Waals surface area contributed by atoms with Crippen LogP contribution in [0.25, 0.3) is 27.6 Å². The molecule has 0 spiro atoms. The van der Waals surface area contributed by atoms with E-state index in [-0.39, 0.29) is 37.3 Å².